The monoisotopic (exact) mass is 709 g/mol. The van der Waals surface area contributed by atoms with Gasteiger partial charge in [-0.05, 0) is 118 Å². The molecule has 5 N–H and O–H groups in total. The van der Waals surface area contributed by atoms with Gasteiger partial charge in [0.25, 0.3) is 0 Å². The zero-order valence-corrected chi connectivity index (χ0v) is 31.4. The van der Waals surface area contributed by atoms with Gasteiger partial charge in [0.15, 0.2) is 5.78 Å². The van der Waals surface area contributed by atoms with Gasteiger partial charge in [-0.1, -0.05) is 39.0 Å². The Morgan fingerprint density at radius 3 is 2.51 bits per heavy atom. The van der Waals surface area contributed by atoms with Crippen molar-refractivity contribution < 1.29 is 39.4 Å². The molecular formula is C42H63NO8. The molecule has 0 aromatic carbocycles. The van der Waals surface area contributed by atoms with Gasteiger partial charge in [-0.25, -0.2) is 0 Å². The number of carbonyl (C=O) groups excluding carboxylic acids is 1. The number of hydrogen-bond acceptors (Lipinski definition) is 9. The van der Waals surface area contributed by atoms with Crippen molar-refractivity contribution in [3.63, 3.8) is 0 Å². The van der Waals surface area contributed by atoms with E-state index in [9.17, 15) is 25.2 Å². The first kappa shape index (κ1) is 36.6. The SMILES string of the molecule is COCCCO[C@H]1CC[C@@]2(C)[C@@H](C1)C(=O)C=C1[C@@H]2CC[C@]2(C3CCCCC3)[C@]3(C#CC[C@@H]4C[C@@H]5[C@@H](C)[C@H](O[C@@H]5[C@H](O)N4)[C@@H](O)[C@@]3(C)O)CC[C@@]12O. The molecule has 4 saturated carbocycles. The van der Waals surface area contributed by atoms with E-state index in [1.165, 1.54) is 0 Å². The maximum atomic E-state index is 14.4. The summed E-state index contributed by atoms with van der Waals surface area (Å²) < 4.78 is 18.0. The van der Waals surface area contributed by atoms with Crippen LogP contribution < -0.4 is 5.32 Å². The predicted octanol–water partition coefficient (Wildman–Crippen LogP) is 4.43. The molecule has 51 heavy (non-hydrogen) atoms. The number of fused-ring (bicyclic) bond motifs is 8. The van der Waals surface area contributed by atoms with Crippen molar-refractivity contribution in [2.45, 2.75) is 165 Å². The Labute approximate surface area is 304 Å². The molecule has 0 aromatic heterocycles. The fraction of sp³-hybridized carbons (Fsp3) is 0.881. The molecule has 1 spiro atoms. The van der Waals surface area contributed by atoms with Gasteiger partial charge in [0.1, 0.15) is 24.0 Å². The van der Waals surface area contributed by atoms with E-state index in [2.05, 4.69) is 31.0 Å². The second-order valence-corrected chi connectivity index (χ2v) is 18.6. The minimum Gasteiger partial charge on any atom is -0.387 e. The van der Waals surface area contributed by atoms with Crippen LogP contribution in [0.1, 0.15) is 117 Å². The third kappa shape index (κ3) is 5.13. The van der Waals surface area contributed by atoms with Gasteiger partial charge in [-0.2, -0.15) is 0 Å². The lowest BCUT2D eigenvalue weighted by atomic mass is 9.39. The summed E-state index contributed by atoms with van der Waals surface area (Å²) in [5, 5.41) is 53.8. The Bertz CT molecular complexity index is 1450. The van der Waals surface area contributed by atoms with Gasteiger partial charge in [0.05, 0.1) is 23.2 Å². The number of ketones is 1. The molecule has 8 rings (SSSR count). The predicted molar refractivity (Wildman–Crippen MR) is 191 cm³/mol. The molecule has 6 aliphatic carbocycles. The van der Waals surface area contributed by atoms with Gasteiger partial charge >= 0.3 is 0 Å². The van der Waals surface area contributed by atoms with Crippen LogP contribution in [0, 0.1) is 57.7 Å². The number of aliphatic hydroxyl groups excluding tert-OH is 2. The standard InChI is InChI=1S/C42H63NO8/c1-25-29-22-27-12-8-15-40(39(3,47)36(45)34(25)51-35(29)37(46)43-27)18-19-42(48)31-24-33(44)32-23-28(50-21-9-20-49-4)13-16-38(32,2)30(31)14-17-41(40,42)26-10-6-5-7-11-26/h24-30,32,34-37,43,45-48H,5-7,9-14,16-23H2,1-4H3/t25-,27-,28+,29-,30+,32+,34+,35+,36-,37+,38-,39-,40-,41+,42-/m1/s1. The molecule has 6 fully saturated rings. The number of nitrogens with one attached hydrogen (secondary N) is 1. The first-order valence-electron chi connectivity index (χ1n) is 20.4. The van der Waals surface area contributed by atoms with E-state index in [-0.39, 0.29) is 52.9 Å². The van der Waals surface area contributed by atoms with Crippen LogP contribution in [0.5, 0.6) is 0 Å². The van der Waals surface area contributed by atoms with Crippen LogP contribution >= 0.6 is 0 Å². The Hall–Kier alpha value is -1.35. The second kappa shape index (κ2) is 13.2. The average Bonchev–Trinajstić information content (AvgIpc) is 3.59. The third-order valence-corrected chi connectivity index (χ3v) is 16.5. The van der Waals surface area contributed by atoms with E-state index in [0.717, 1.165) is 69.8 Å². The Morgan fingerprint density at radius 1 is 0.961 bits per heavy atom. The Kier molecular flexibility index (Phi) is 9.44. The van der Waals surface area contributed by atoms with E-state index in [1.54, 1.807) is 14.0 Å². The fourth-order valence-electron chi connectivity index (χ4n) is 14.0. The molecule has 0 aromatic rings. The summed E-state index contributed by atoms with van der Waals surface area (Å²) in [7, 11) is 1.70. The number of hydrogen-bond donors (Lipinski definition) is 5. The van der Waals surface area contributed by atoms with Crippen molar-refractivity contribution in [1.82, 2.24) is 5.32 Å². The van der Waals surface area contributed by atoms with Crippen LogP contribution in [0.15, 0.2) is 11.6 Å². The normalized spacial score (nSPS) is 52.3. The lowest BCUT2D eigenvalue weighted by Gasteiger charge is -2.66. The van der Waals surface area contributed by atoms with Crippen LogP contribution in [0.3, 0.4) is 0 Å². The third-order valence-electron chi connectivity index (χ3n) is 16.5. The summed E-state index contributed by atoms with van der Waals surface area (Å²) in [6, 6.07) is -0.0351. The summed E-state index contributed by atoms with van der Waals surface area (Å²) in [5.74, 6) is 7.30. The van der Waals surface area contributed by atoms with E-state index in [1.807, 2.05) is 6.08 Å². The average molecular weight is 710 g/mol. The number of allylic oxidation sites excluding steroid dienone is 1. The second-order valence-electron chi connectivity index (χ2n) is 18.6. The van der Waals surface area contributed by atoms with Crippen molar-refractivity contribution in [3.8, 4) is 11.8 Å². The molecule has 2 saturated heterocycles. The molecule has 284 valence electrons. The number of carbonyl (C=O) groups is 1. The van der Waals surface area contributed by atoms with Crippen molar-refractivity contribution in [3.05, 3.63) is 11.6 Å². The molecule has 2 aliphatic heterocycles. The molecule has 0 unspecified atom stereocenters. The minimum absolute atomic E-state index is 0.0351. The molecule has 2 heterocycles. The van der Waals surface area contributed by atoms with Crippen molar-refractivity contribution >= 4 is 5.78 Å². The van der Waals surface area contributed by atoms with Crippen molar-refractivity contribution in [1.29, 1.82) is 0 Å². The molecule has 3 bridgehead atoms. The highest BCUT2D eigenvalue weighted by atomic mass is 16.5. The molecule has 9 heteroatoms. The number of aliphatic hydroxyl groups is 4. The maximum absolute atomic E-state index is 14.4. The zero-order chi connectivity index (χ0) is 36.0. The summed E-state index contributed by atoms with van der Waals surface area (Å²) in [6.07, 6.45) is 10.6. The zero-order valence-electron chi connectivity index (χ0n) is 31.4. The topological polar surface area (TPSA) is 138 Å². The molecule has 9 nitrogen and oxygen atoms in total. The van der Waals surface area contributed by atoms with E-state index in [0.29, 0.717) is 45.3 Å². The van der Waals surface area contributed by atoms with Crippen LogP contribution in [-0.2, 0) is 19.0 Å². The van der Waals surface area contributed by atoms with Crippen LogP contribution in [-0.4, -0.2) is 94.4 Å². The lowest BCUT2D eigenvalue weighted by Crippen LogP contribution is -2.70. The van der Waals surface area contributed by atoms with E-state index in [4.69, 9.17) is 14.2 Å². The lowest BCUT2D eigenvalue weighted by molar-refractivity contribution is -0.244. The first-order valence-corrected chi connectivity index (χ1v) is 20.4. The molecule has 8 aliphatic rings. The molecule has 15 atom stereocenters. The van der Waals surface area contributed by atoms with Crippen molar-refractivity contribution in [2.24, 2.45) is 45.8 Å². The summed E-state index contributed by atoms with van der Waals surface area (Å²) >= 11 is 0. The van der Waals surface area contributed by atoms with Gasteiger partial charge in [-0.15, -0.1) is 5.92 Å². The van der Waals surface area contributed by atoms with E-state index >= 15 is 0 Å². The number of ether oxygens (including phenoxy) is 3. The fourth-order valence-corrected chi connectivity index (χ4v) is 14.0. The van der Waals surface area contributed by atoms with Gasteiger partial charge in [0.2, 0.25) is 0 Å². The van der Waals surface area contributed by atoms with E-state index < -0.39 is 46.6 Å². The molecular weight excluding hydrogens is 646 g/mol. The summed E-state index contributed by atoms with van der Waals surface area (Å²) in [6.45, 7) is 7.41. The van der Waals surface area contributed by atoms with Crippen LogP contribution in [0.25, 0.3) is 0 Å². The van der Waals surface area contributed by atoms with Gasteiger partial charge in [0, 0.05) is 44.1 Å². The molecule has 0 radical (unpaired) electrons. The summed E-state index contributed by atoms with van der Waals surface area (Å²) in [4.78, 5) is 14.4. The number of methoxy groups -OCH3 is 1. The Balaban J connectivity index is 1.22. The first-order chi connectivity index (χ1) is 24.3. The number of rotatable bonds is 6. The number of piperidine rings is 1. The Morgan fingerprint density at radius 2 is 1.75 bits per heavy atom. The minimum atomic E-state index is -1.73. The van der Waals surface area contributed by atoms with Crippen LogP contribution in [0.4, 0.5) is 0 Å². The van der Waals surface area contributed by atoms with Gasteiger partial charge in [-0.3, -0.25) is 10.1 Å². The highest BCUT2D eigenvalue weighted by Crippen LogP contribution is 2.76. The smallest absolute Gasteiger partial charge is 0.159 e. The maximum Gasteiger partial charge on any atom is 0.159 e. The van der Waals surface area contributed by atoms with Crippen molar-refractivity contribution in [2.75, 3.05) is 20.3 Å². The highest BCUT2D eigenvalue weighted by molar-refractivity contribution is 5.95. The van der Waals surface area contributed by atoms with Crippen LogP contribution in [0.2, 0.25) is 0 Å². The quantitative estimate of drug-likeness (QED) is 0.200. The largest absolute Gasteiger partial charge is 0.387 e. The highest BCUT2D eigenvalue weighted by Gasteiger charge is 2.79. The summed E-state index contributed by atoms with van der Waals surface area (Å²) in [5.41, 5.74) is -4.48. The van der Waals surface area contributed by atoms with Gasteiger partial charge < -0.3 is 34.6 Å². The molecule has 0 amide bonds.